The zero-order chi connectivity index (χ0) is 18.1. The Morgan fingerprint density at radius 2 is 1.80 bits per heavy atom. The van der Waals surface area contributed by atoms with Crippen LogP contribution in [-0.4, -0.2) is 25.1 Å². The lowest BCUT2D eigenvalue weighted by atomic mass is 10.2. The van der Waals surface area contributed by atoms with Gasteiger partial charge in [-0.25, -0.2) is 4.79 Å². The molecule has 0 unspecified atom stereocenters. The third-order valence-electron chi connectivity index (χ3n) is 3.10. The van der Waals surface area contributed by atoms with Crippen LogP contribution in [-0.2, 0) is 4.79 Å². The highest BCUT2D eigenvalue weighted by atomic mass is 16.5. The van der Waals surface area contributed by atoms with Crippen LogP contribution in [0.3, 0.4) is 0 Å². The Morgan fingerprint density at radius 1 is 1.08 bits per heavy atom. The number of amides is 3. The summed E-state index contributed by atoms with van der Waals surface area (Å²) in [6.45, 7) is 2.06. The highest BCUT2D eigenvalue weighted by molar-refractivity contribution is 5.89. The van der Waals surface area contributed by atoms with Crippen molar-refractivity contribution in [2.45, 2.75) is 6.92 Å². The number of hydrogen-bond acceptors (Lipinski definition) is 3. The van der Waals surface area contributed by atoms with Crippen molar-refractivity contribution < 1.29 is 14.3 Å². The number of rotatable bonds is 6. The number of nitrogens with one attached hydrogen (secondary N) is 3. The van der Waals surface area contributed by atoms with Gasteiger partial charge in [0, 0.05) is 29.9 Å². The number of carbonyl (C=O) groups excluding carboxylic acids is 2. The lowest BCUT2D eigenvalue weighted by molar-refractivity contribution is -0.114. The average molecular weight is 337 g/mol. The molecule has 128 valence electrons. The molecule has 0 radical (unpaired) electrons. The maximum atomic E-state index is 11.8. The van der Waals surface area contributed by atoms with E-state index in [1.165, 1.54) is 6.92 Å². The Labute approximate surface area is 146 Å². The van der Waals surface area contributed by atoms with E-state index in [4.69, 9.17) is 11.2 Å². The molecule has 0 saturated heterocycles. The maximum absolute atomic E-state index is 11.8. The van der Waals surface area contributed by atoms with Crippen LogP contribution >= 0.6 is 0 Å². The Hall–Kier alpha value is -3.46. The lowest BCUT2D eigenvalue weighted by Crippen LogP contribution is -2.32. The van der Waals surface area contributed by atoms with Crippen LogP contribution in [0.4, 0.5) is 16.2 Å². The van der Waals surface area contributed by atoms with Gasteiger partial charge in [0.05, 0.1) is 6.54 Å². The van der Waals surface area contributed by atoms with E-state index in [0.29, 0.717) is 35.8 Å². The van der Waals surface area contributed by atoms with Crippen molar-refractivity contribution in [3.05, 3.63) is 54.1 Å². The van der Waals surface area contributed by atoms with Crippen molar-refractivity contribution in [3.63, 3.8) is 0 Å². The van der Waals surface area contributed by atoms with Crippen LogP contribution in [0.25, 0.3) is 0 Å². The van der Waals surface area contributed by atoms with Crippen molar-refractivity contribution >= 4 is 23.3 Å². The summed E-state index contributed by atoms with van der Waals surface area (Å²) in [6.07, 6.45) is 5.32. The van der Waals surface area contributed by atoms with Gasteiger partial charge in [-0.05, 0) is 30.3 Å². The fourth-order valence-corrected chi connectivity index (χ4v) is 2.06. The summed E-state index contributed by atoms with van der Waals surface area (Å²) in [6, 6.07) is 13.7. The highest BCUT2D eigenvalue weighted by Gasteiger charge is 2.02. The van der Waals surface area contributed by atoms with E-state index in [1.807, 2.05) is 0 Å². The highest BCUT2D eigenvalue weighted by Crippen LogP contribution is 2.17. The Balaban J connectivity index is 1.74. The van der Waals surface area contributed by atoms with Gasteiger partial charge in [0.1, 0.15) is 12.4 Å². The molecule has 2 rings (SSSR count). The third-order valence-corrected chi connectivity index (χ3v) is 3.10. The summed E-state index contributed by atoms with van der Waals surface area (Å²) in [7, 11) is 0. The number of ether oxygens (including phenoxy) is 1. The minimum Gasteiger partial charge on any atom is -0.492 e. The first-order chi connectivity index (χ1) is 12.1. The normalized spacial score (nSPS) is 9.60. The Kier molecular flexibility index (Phi) is 6.43. The Bertz CT molecular complexity index is 796. The van der Waals surface area contributed by atoms with E-state index in [1.54, 1.807) is 48.5 Å². The SMILES string of the molecule is C#Cc1cccc(NC(=O)NCCOc2cccc(NC(C)=O)c2)c1. The Morgan fingerprint density at radius 3 is 2.52 bits per heavy atom. The second-order valence-electron chi connectivity index (χ2n) is 5.16. The van der Waals surface area contributed by atoms with Gasteiger partial charge in [0.25, 0.3) is 0 Å². The van der Waals surface area contributed by atoms with Gasteiger partial charge >= 0.3 is 6.03 Å². The molecule has 25 heavy (non-hydrogen) atoms. The van der Waals surface area contributed by atoms with Gasteiger partial charge in [-0.15, -0.1) is 6.42 Å². The smallest absolute Gasteiger partial charge is 0.319 e. The van der Waals surface area contributed by atoms with Crippen LogP contribution in [0, 0.1) is 12.3 Å². The number of anilines is 2. The summed E-state index contributed by atoms with van der Waals surface area (Å²) >= 11 is 0. The topological polar surface area (TPSA) is 79.5 Å². The molecule has 2 aromatic rings. The molecule has 0 aliphatic heterocycles. The van der Waals surface area contributed by atoms with E-state index in [-0.39, 0.29) is 11.9 Å². The number of urea groups is 1. The first-order valence-corrected chi connectivity index (χ1v) is 7.69. The molecule has 0 aliphatic rings. The van der Waals surface area contributed by atoms with Crippen LogP contribution in [0.1, 0.15) is 12.5 Å². The van der Waals surface area contributed by atoms with Crippen molar-refractivity contribution in [2.75, 3.05) is 23.8 Å². The predicted molar refractivity (Wildman–Crippen MR) is 97.6 cm³/mol. The fraction of sp³-hybridized carbons (Fsp3) is 0.158. The average Bonchev–Trinajstić information content (AvgIpc) is 2.59. The summed E-state index contributed by atoms with van der Waals surface area (Å²) in [4.78, 5) is 22.9. The second-order valence-corrected chi connectivity index (χ2v) is 5.16. The van der Waals surface area contributed by atoms with E-state index in [9.17, 15) is 9.59 Å². The molecule has 0 heterocycles. The minimum atomic E-state index is -0.343. The van der Waals surface area contributed by atoms with Gasteiger partial charge in [-0.3, -0.25) is 4.79 Å². The zero-order valence-corrected chi connectivity index (χ0v) is 13.8. The molecule has 0 atom stereocenters. The molecule has 0 aromatic heterocycles. The van der Waals surface area contributed by atoms with Gasteiger partial charge in [-0.2, -0.15) is 0 Å². The second kappa shape index (κ2) is 8.99. The van der Waals surface area contributed by atoms with Crippen molar-refractivity contribution in [3.8, 4) is 18.1 Å². The number of hydrogen-bond donors (Lipinski definition) is 3. The summed E-state index contributed by atoms with van der Waals surface area (Å²) in [5.41, 5.74) is 1.97. The van der Waals surface area contributed by atoms with Crippen LogP contribution in [0.15, 0.2) is 48.5 Å². The molecular formula is C19H19N3O3. The van der Waals surface area contributed by atoms with Gasteiger partial charge < -0.3 is 20.7 Å². The van der Waals surface area contributed by atoms with Gasteiger partial charge in [0.15, 0.2) is 0 Å². The van der Waals surface area contributed by atoms with E-state index in [0.717, 1.165) is 0 Å². The molecule has 3 N–H and O–H groups in total. The van der Waals surface area contributed by atoms with Gasteiger partial charge in [0.2, 0.25) is 5.91 Å². The maximum Gasteiger partial charge on any atom is 0.319 e. The van der Waals surface area contributed by atoms with Crippen molar-refractivity contribution in [1.29, 1.82) is 0 Å². The standard InChI is InChI=1S/C19H19N3O3/c1-3-15-6-4-7-16(12-15)22-19(24)20-10-11-25-18-9-5-8-17(13-18)21-14(2)23/h1,4-9,12-13H,10-11H2,2H3,(H,21,23)(H2,20,22,24). The number of benzene rings is 2. The van der Waals surface area contributed by atoms with Crippen molar-refractivity contribution in [1.82, 2.24) is 5.32 Å². The molecule has 3 amide bonds. The first-order valence-electron chi connectivity index (χ1n) is 7.69. The largest absolute Gasteiger partial charge is 0.492 e. The van der Waals surface area contributed by atoms with Gasteiger partial charge in [-0.1, -0.05) is 18.1 Å². The third kappa shape index (κ3) is 6.28. The molecule has 0 saturated carbocycles. The molecular weight excluding hydrogens is 318 g/mol. The predicted octanol–water partition coefficient (Wildman–Crippen LogP) is 2.83. The molecule has 2 aromatic carbocycles. The summed E-state index contributed by atoms with van der Waals surface area (Å²) in [5.74, 6) is 2.97. The fourth-order valence-electron chi connectivity index (χ4n) is 2.06. The summed E-state index contributed by atoms with van der Waals surface area (Å²) < 4.78 is 5.55. The van der Waals surface area contributed by atoms with Crippen molar-refractivity contribution in [2.24, 2.45) is 0 Å². The lowest BCUT2D eigenvalue weighted by Gasteiger charge is -2.10. The van der Waals surface area contributed by atoms with Crippen LogP contribution in [0.2, 0.25) is 0 Å². The number of terminal acetylenes is 1. The number of carbonyl (C=O) groups is 2. The summed E-state index contributed by atoms with van der Waals surface area (Å²) in [5, 5.41) is 8.06. The molecule has 0 bridgehead atoms. The van der Waals surface area contributed by atoms with E-state index in [2.05, 4.69) is 21.9 Å². The molecule has 6 heteroatoms. The monoisotopic (exact) mass is 337 g/mol. The quantitative estimate of drug-likeness (QED) is 0.560. The minimum absolute atomic E-state index is 0.149. The molecule has 0 spiro atoms. The zero-order valence-electron chi connectivity index (χ0n) is 13.8. The molecule has 0 fully saturated rings. The van der Waals surface area contributed by atoms with Crippen LogP contribution in [0.5, 0.6) is 5.75 Å². The van der Waals surface area contributed by atoms with Crippen LogP contribution < -0.4 is 20.7 Å². The molecule has 0 aliphatic carbocycles. The first kappa shape index (κ1) is 17.9. The van der Waals surface area contributed by atoms with E-state index >= 15 is 0 Å². The van der Waals surface area contributed by atoms with E-state index < -0.39 is 0 Å². The molecule has 6 nitrogen and oxygen atoms in total.